The largest absolute Gasteiger partial charge is 0.462 e. The molecule has 0 amide bonds. The summed E-state index contributed by atoms with van der Waals surface area (Å²) < 4.78 is 37.9. The van der Waals surface area contributed by atoms with Crippen LogP contribution in [0, 0.1) is 0 Å². The van der Waals surface area contributed by atoms with E-state index in [-0.39, 0.29) is 17.7 Å². The van der Waals surface area contributed by atoms with E-state index in [4.69, 9.17) is 30.0 Å². The number of esters is 1. The Labute approximate surface area is 219 Å². The third-order valence-corrected chi connectivity index (χ3v) is 7.54. The van der Waals surface area contributed by atoms with Gasteiger partial charge in [-0.25, -0.2) is 19.5 Å². The van der Waals surface area contributed by atoms with Crippen LogP contribution in [0.15, 0.2) is 43.0 Å². The number of hydrogen-bond acceptors (Lipinski definition) is 12. The van der Waals surface area contributed by atoms with E-state index in [2.05, 4.69) is 20.0 Å². The molecule has 2 aromatic heterocycles. The van der Waals surface area contributed by atoms with Gasteiger partial charge in [0.15, 0.2) is 17.7 Å². The Kier molecular flexibility index (Phi) is 8.02. The van der Waals surface area contributed by atoms with Gasteiger partial charge >= 0.3 is 13.7 Å². The summed E-state index contributed by atoms with van der Waals surface area (Å²) in [7, 11) is -4.18. The Bertz CT molecular complexity index is 1320. The van der Waals surface area contributed by atoms with Crippen LogP contribution in [0.25, 0.3) is 11.2 Å². The smallest absolute Gasteiger partial charge is 0.459 e. The number of aliphatic hydroxyl groups excluding tert-OH is 1. The molecular weight excluding hydrogens is 517 g/mol. The van der Waals surface area contributed by atoms with Gasteiger partial charge < -0.3 is 30.6 Å². The first-order chi connectivity index (χ1) is 17.9. The highest BCUT2D eigenvalue weighted by atomic mass is 31.2. The molecule has 1 saturated heterocycles. The van der Waals surface area contributed by atoms with E-state index in [1.807, 2.05) is 0 Å². The number of para-hydroxylation sites is 1. The third kappa shape index (κ3) is 5.80. The van der Waals surface area contributed by atoms with Gasteiger partial charge in [0, 0.05) is 0 Å². The van der Waals surface area contributed by atoms with Crippen molar-refractivity contribution in [3.8, 4) is 5.75 Å². The third-order valence-electron chi connectivity index (χ3n) is 5.90. The van der Waals surface area contributed by atoms with E-state index in [1.165, 1.54) is 19.6 Å². The molecule has 14 nitrogen and oxygen atoms in total. The number of aromatic nitrogens is 4. The van der Waals surface area contributed by atoms with Crippen molar-refractivity contribution in [1.29, 1.82) is 0 Å². The van der Waals surface area contributed by atoms with Crippen LogP contribution in [0.1, 0.15) is 33.9 Å². The van der Waals surface area contributed by atoms with Gasteiger partial charge in [-0.2, -0.15) is 5.09 Å². The second-order valence-corrected chi connectivity index (χ2v) is 11.1. The number of carbonyl (C=O) groups is 1. The predicted octanol–water partition coefficient (Wildman–Crippen LogP) is 1.52. The summed E-state index contributed by atoms with van der Waals surface area (Å²) in [6.07, 6.45) is -0.856. The normalized spacial score (nSPS) is 25.8. The quantitative estimate of drug-likeness (QED) is 0.210. The number of ether oxygens (including phenoxy) is 2. The summed E-state index contributed by atoms with van der Waals surface area (Å²) in [4.78, 5) is 24.7. The van der Waals surface area contributed by atoms with Crippen molar-refractivity contribution in [2.75, 3.05) is 12.3 Å². The molecule has 0 spiro atoms. The van der Waals surface area contributed by atoms with Crippen LogP contribution < -0.4 is 21.1 Å². The molecule has 6 atom stereocenters. The van der Waals surface area contributed by atoms with Gasteiger partial charge in [-0.15, -0.1) is 0 Å². The fraction of sp³-hybridized carbons (Fsp3) is 0.478. The predicted molar refractivity (Wildman–Crippen MR) is 137 cm³/mol. The number of nitrogens with one attached hydrogen (secondary N) is 1. The number of imidazole rings is 1. The maximum atomic E-state index is 13.8. The highest BCUT2D eigenvalue weighted by Crippen LogP contribution is 2.47. The topological polar surface area (TPSA) is 199 Å². The zero-order valence-corrected chi connectivity index (χ0v) is 22.3. The fourth-order valence-electron chi connectivity index (χ4n) is 3.98. The number of nitrogens with zero attached hydrogens (tertiary/aromatic N) is 4. The second-order valence-electron chi connectivity index (χ2n) is 9.45. The minimum absolute atomic E-state index is 0.182. The molecule has 3 aromatic rings. The number of fused-ring (bicyclic) bond motifs is 1. The Morgan fingerprint density at radius 2 is 1.97 bits per heavy atom. The second kappa shape index (κ2) is 10.9. The van der Waals surface area contributed by atoms with E-state index in [0.29, 0.717) is 11.2 Å². The first kappa shape index (κ1) is 27.9. The average molecular weight is 550 g/mol. The zero-order valence-electron chi connectivity index (χ0n) is 21.4. The van der Waals surface area contributed by atoms with Crippen molar-refractivity contribution in [3.63, 3.8) is 0 Å². The number of nitrogen functional groups attached to an aromatic ring is 1. The summed E-state index contributed by atoms with van der Waals surface area (Å²) in [5, 5.41) is 13.6. The molecule has 38 heavy (non-hydrogen) atoms. The molecule has 1 aliphatic heterocycles. The maximum absolute atomic E-state index is 13.8. The summed E-state index contributed by atoms with van der Waals surface area (Å²) >= 11 is 0. The average Bonchev–Trinajstić information content (AvgIpc) is 3.37. The molecule has 3 heterocycles. The molecule has 0 saturated carbocycles. The van der Waals surface area contributed by atoms with Crippen molar-refractivity contribution >= 4 is 30.7 Å². The lowest BCUT2D eigenvalue weighted by atomic mass is 9.93. The van der Waals surface area contributed by atoms with Gasteiger partial charge in [-0.1, -0.05) is 18.2 Å². The van der Waals surface area contributed by atoms with Crippen molar-refractivity contribution in [1.82, 2.24) is 24.6 Å². The number of nitrogens with two attached hydrogens (primary N) is 2. The summed E-state index contributed by atoms with van der Waals surface area (Å²) in [6.45, 7) is 6.08. The molecule has 1 aliphatic rings. The number of aliphatic hydroxyl groups is 1. The van der Waals surface area contributed by atoms with E-state index in [0.717, 1.165) is 0 Å². The molecule has 1 fully saturated rings. The Morgan fingerprint density at radius 1 is 1.26 bits per heavy atom. The number of benzene rings is 1. The number of rotatable bonds is 10. The van der Waals surface area contributed by atoms with Crippen LogP contribution in [0.2, 0.25) is 0 Å². The van der Waals surface area contributed by atoms with E-state index < -0.39 is 50.3 Å². The Hall–Kier alpha value is -3.13. The lowest BCUT2D eigenvalue weighted by Gasteiger charge is -2.28. The molecule has 1 aromatic carbocycles. The lowest BCUT2D eigenvalue weighted by Crippen LogP contribution is -2.52. The van der Waals surface area contributed by atoms with E-state index in [1.54, 1.807) is 55.7 Å². The maximum Gasteiger partial charge on any atom is 0.459 e. The highest BCUT2D eigenvalue weighted by molar-refractivity contribution is 7.52. The molecule has 0 bridgehead atoms. The van der Waals surface area contributed by atoms with Crippen molar-refractivity contribution in [2.24, 2.45) is 5.73 Å². The molecule has 4 rings (SSSR count). The SMILES string of the molecule is CC(C)OC(=O)[C@@H](C)N[P@@](=O)(OC[C@H]1O[C@@H](n2cnc3c(N)ncnc32)[C@](C)(N)[C@@H]1O)Oc1ccccc1. The molecule has 6 N–H and O–H groups in total. The van der Waals surface area contributed by atoms with Gasteiger partial charge in [-0.05, 0) is 39.8 Å². The van der Waals surface area contributed by atoms with Gasteiger partial charge in [0.1, 0.15) is 35.8 Å². The number of hydrogen-bond donors (Lipinski definition) is 4. The lowest BCUT2D eigenvalue weighted by molar-refractivity contribution is -0.149. The number of anilines is 1. The molecular formula is C23H32N7O7P. The van der Waals surface area contributed by atoms with Gasteiger partial charge in [0.25, 0.3) is 0 Å². The summed E-state index contributed by atoms with van der Waals surface area (Å²) in [6, 6.07) is 7.28. The highest BCUT2D eigenvalue weighted by Gasteiger charge is 2.53. The van der Waals surface area contributed by atoms with Gasteiger partial charge in [-0.3, -0.25) is 13.9 Å². The minimum Gasteiger partial charge on any atom is -0.462 e. The monoisotopic (exact) mass is 549 g/mol. The Morgan fingerprint density at radius 3 is 2.66 bits per heavy atom. The molecule has 206 valence electrons. The molecule has 0 unspecified atom stereocenters. The standard InChI is InChI=1S/C23H32N7O7P/c1-13(2)35-21(32)14(3)29-38(33,37-15-8-6-5-7-9-15)34-10-16-18(31)23(4,25)22(36-16)30-12-28-17-19(24)26-11-27-20(17)30/h5-9,11-14,16,18,22,31H,10,25H2,1-4H3,(H,29,33)(H2,24,26,27)/t14-,16-,18-,22-,23-,38-/m1/s1. The van der Waals surface area contributed by atoms with Crippen molar-refractivity contribution < 1.29 is 33.0 Å². The van der Waals surface area contributed by atoms with E-state index >= 15 is 0 Å². The fourth-order valence-corrected chi connectivity index (χ4v) is 5.48. The van der Waals surface area contributed by atoms with Crippen molar-refractivity contribution in [2.45, 2.75) is 63.8 Å². The van der Waals surface area contributed by atoms with Crippen LogP contribution in [0.3, 0.4) is 0 Å². The van der Waals surface area contributed by atoms with Crippen molar-refractivity contribution in [3.05, 3.63) is 43.0 Å². The zero-order chi connectivity index (χ0) is 27.7. The summed E-state index contributed by atoms with van der Waals surface area (Å²) in [5.41, 5.74) is 11.8. The van der Waals surface area contributed by atoms with E-state index in [9.17, 15) is 14.5 Å². The number of carbonyl (C=O) groups excluding carboxylic acids is 1. The molecule has 0 aliphatic carbocycles. The first-order valence-electron chi connectivity index (χ1n) is 11.9. The van der Waals surface area contributed by atoms with Crippen LogP contribution in [-0.2, 0) is 23.4 Å². The van der Waals surface area contributed by atoms with Gasteiger partial charge in [0.2, 0.25) is 0 Å². The first-order valence-corrected chi connectivity index (χ1v) is 13.5. The summed E-state index contributed by atoms with van der Waals surface area (Å²) in [5.74, 6) is -0.217. The molecule has 0 radical (unpaired) electrons. The van der Waals surface area contributed by atoms with Crippen LogP contribution >= 0.6 is 7.75 Å². The van der Waals surface area contributed by atoms with Crippen LogP contribution in [0.4, 0.5) is 5.82 Å². The minimum atomic E-state index is -4.18. The van der Waals surface area contributed by atoms with Crippen LogP contribution in [0.5, 0.6) is 5.75 Å². The van der Waals surface area contributed by atoms with Gasteiger partial charge in [0.05, 0.1) is 24.6 Å². The Balaban J connectivity index is 1.54. The molecule has 15 heteroatoms. The van der Waals surface area contributed by atoms with Crippen LogP contribution in [-0.4, -0.2) is 67.1 Å².